The molecule has 0 aliphatic rings. The van der Waals surface area contributed by atoms with Gasteiger partial charge in [0.25, 0.3) is 6.43 Å². The number of carboxylic acids is 1. The number of aliphatic carboxylic acids is 1. The van der Waals surface area contributed by atoms with Crippen molar-refractivity contribution in [3.8, 4) is 5.75 Å². The summed E-state index contributed by atoms with van der Waals surface area (Å²) in [6.07, 6.45) is -9.37. The molecule has 1 aromatic heterocycles. The van der Waals surface area contributed by atoms with Crippen molar-refractivity contribution in [2.75, 3.05) is 0 Å². The van der Waals surface area contributed by atoms with Crippen LogP contribution in [0.3, 0.4) is 0 Å². The Labute approximate surface area is 116 Å². The minimum Gasteiger partial charge on any atom is -0.481 e. The van der Waals surface area contributed by atoms with E-state index in [1.54, 1.807) is 0 Å². The largest absolute Gasteiger partial charge is 0.573 e. The van der Waals surface area contributed by atoms with Crippen LogP contribution < -0.4 is 4.74 Å². The van der Waals surface area contributed by atoms with E-state index in [1.807, 2.05) is 0 Å². The molecule has 0 amide bonds. The second-order valence-electron chi connectivity index (χ2n) is 3.23. The second-order valence-corrected chi connectivity index (χ2v) is 4.33. The highest BCUT2D eigenvalue weighted by Crippen LogP contribution is 2.33. The number of ether oxygens (including phenoxy) is 1. The van der Waals surface area contributed by atoms with Crippen LogP contribution in [0, 0.1) is 3.70 Å². The molecule has 0 bridgehead atoms. The summed E-state index contributed by atoms with van der Waals surface area (Å²) in [5.74, 6) is -2.55. The molecule has 0 radical (unpaired) electrons. The van der Waals surface area contributed by atoms with Crippen molar-refractivity contribution >= 4 is 28.6 Å². The lowest BCUT2D eigenvalue weighted by Gasteiger charge is -2.15. The number of hydrogen-bond donors (Lipinski definition) is 1. The number of aromatic nitrogens is 1. The van der Waals surface area contributed by atoms with Crippen molar-refractivity contribution in [3.05, 3.63) is 21.0 Å². The first-order valence-electron chi connectivity index (χ1n) is 4.55. The molecule has 1 N–H and O–H groups in total. The Balaban J connectivity index is 3.37. The van der Waals surface area contributed by atoms with Crippen LogP contribution in [0.2, 0.25) is 0 Å². The third-order valence-corrected chi connectivity index (χ3v) is 2.40. The molecule has 1 rings (SSSR count). The van der Waals surface area contributed by atoms with Crippen molar-refractivity contribution < 1.29 is 36.6 Å². The zero-order chi connectivity index (χ0) is 14.8. The molecule has 0 saturated heterocycles. The molecule has 0 aromatic carbocycles. The predicted octanol–water partition coefficient (Wildman–Crippen LogP) is 3.15. The number of hydrogen-bond acceptors (Lipinski definition) is 3. The molecule has 10 heteroatoms. The zero-order valence-electron chi connectivity index (χ0n) is 8.84. The van der Waals surface area contributed by atoms with Gasteiger partial charge in [0.1, 0.15) is 15.1 Å². The van der Waals surface area contributed by atoms with Crippen LogP contribution in [0.15, 0.2) is 6.07 Å². The van der Waals surface area contributed by atoms with E-state index in [2.05, 4.69) is 9.72 Å². The van der Waals surface area contributed by atoms with Gasteiger partial charge in [0.2, 0.25) is 0 Å². The highest BCUT2D eigenvalue weighted by molar-refractivity contribution is 14.1. The standard InChI is InChI=1S/C9H5F5INO3/c10-8(11)7-3(1-6(17)18)4(2-5(15)16-7)19-9(12,13)14/h2,8H,1H2,(H,17,18). The second kappa shape index (κ2) is 5.84. The lowest BCUT2D eigenvalue weighted by Crippen LogP contribution is -2.20. The van der Waals surface area contributed by atoms with Gasteiger partial charge in [0.15, 0.2) is 0 Å². The van der Waals surface area contributed by atoms with Gasteiger partial charge in [-0.15, -0.1) is 13.2 Å². The Hall–Kier alpha value is -1.20. The maximum atomic E-state index is 12.7. The van der Waals surface area contributed by atoms with Gasteiger partial charge in [-0.3, -0.25) is 4.79 Å². The molecular formula is C9H5F5INO3. The highest BCUT2D eigenvalue weighted by Gasteiger charge is 2.34. The van der Waals surface area contributed by atoms with Gasteiger partial charge < -0.3 is 9.84 Å². The van der Waals surface area contributed by atoms with E-state index in [0.717, 1.165) is 6.07 Å². The third kappa shape index (κ3) is 4.76. The number of rotatable bonds is 4. The maximum Gasteiger partial charge on any atom is 0.573 e. The average molecular weight is 397 g/mol. The third-order valence-electron chi connectivity index (χ3n) is 1.84. The van der Waals surface area contributed by atoms with E-state index in [1.165, 1.54) is 22.6 Å². The van der Waals surface area contributed by atoms with E-state index in [0.29, 0.717) is 0 Å². The maximum absolute atomic E-state index is 12.7. The van der Waals surface area contributed by atoms with Crippen LogP contribution in [0.4, 0.5) is 22.0 Å². The first-order chi connectivity index (χ1) is 8.60. The molecule has 0 aliphatic carbocycles. The number of nitrogens with zero attached hydrogens (tertiary/aromatic N) is 1. The fourth-order valence-corrected chi connectivity index (χ4v) is 1.80. The highest BCUT2D eigenvalue weighted by atomic mass is 127. The van der Waals surface area contributed by atoms with Gasteiger partial charge in [0.05, 0.1) is 6.42 Å². The van der Waals surface area contributed by atoms with Crippen LogP contribution in [-0.4, -0.2) is 22.4 Å². The number of alkyl halides is 5. The van der Waals surface area contributed by atoms with E-state index in [9.17, 15) is 26.7 Å². The fourth-order valence-electron chi connectivity index (χ4n) is 1.26. The number of carboxylic acid groups (broad SMARTS) is 1. The monoisotopic (exact) mass is 397 g/mol. The number of halogens is 6. The van der Waals surface area contributed by atoms with Crippen LogP contribution in [0.1, 0.15) is 17.7 Å². The first kappa shape index (κ1) is 15.9. The lowest BCUT2D eigenvalue weighted by molar-refractivity contribution is -0.275. The minimum absolute atomic E-state index is 0.165. The molecule has 0 saturated carbocycles. The van der Waals surface area contributed by atoms with Crippen LogP contribution >= 0.6 is 22.6 Å². The van der Waals surface area contributed by atoms with Crippen molar-refractivity contribution in [1.29, 1.82) is 0 Å². The summed E-state index contributed by atoms with van der Waals surface area (Å²) in [7, 11) is 0. The molecule has 1 heterocycles. The summed E-state index contributed by atoms with van der Waals surface area (Å²) in [4.78, 5) is 13.9. The Kier molecular flexibility index (Phi) is 4.87. The molecule has 0 fully saturated rings. The topological polar surface area (TPSA) is 59.4 Å². The summed E-state index contributed by atoms with van der Waals surface area (Å²) in [5.41, 5.74) is -1.83. The smallest absolute Gasteiger partial charge is 0.481 e. The summed E-state index contributed by atoms with van der Waals surface area (Å²) in [5, 5.41) is 8.55. The van der Waals surface area contributed by atoms with E-state index in [4.69, 9.17) is 5.11 Å². The summed E-state index contributed by atoms with van der Waals surface area (Å²) < 4.78 is 65.2. The molecule has 4 nitrogen and oxygen atoms in total. The molecule has 1 aromatic rings. The predicted molar refractivity (Wildman–Crippen MR) is 59.9 cm³/mol. The minimum atomic E-state index is -5.11. The number of carbonyl (C=O) groups is 1. The van der Waals surface area contributed by atoms with E-state index < -0.39 is 42.2 Å². The molecule has 0 spiro atoms. The molecule has 0 unspecified atom stereocenters. The first-order valence-corrected chi connectivity index (χ1v) is 5.63. The quantitative estimate of drug-likeness (QED) is 0.482. The average Bonchev–Trinajstić information content (AvgIpc) is 2.18. The molecule has 19 heavy (non-hydrogen) atoms. The van der Waals surface area contributed by atoms with Gasteiger partial charge in [0, 0.05) is 11.6 Å². The molecule has 0 aliphatic heterocycles. The van der Waals surface area contributed by atoms with Gasteiger partial charge in [-0.25, -0.2) is 13.8 Å². The Morgan fingerprint density at radius 2 is 2.05 bits per heavy atom. The van der Waals surface area contributed by atoms with E-state index >= 15 is 0 Å². The molecule has 0 atom stereocenters. The zero-order valence-corrected chi connectivity index (χ0v) is 11.0. The summed E-state index contributed by atoms with van der Waals surface area (Å²) >= 11 is 1.43. The lowest BCUT2D eigenvalue weighted by atomic mass is 10.1. The Bertz CT molecular complexity index is 491. The van der Waals surface area contributed by atoms with Gasteiger partial charge in [-0.2, -0.15) is 0 Å². The molecular weight excluding hydrogens is 392 g/mol. The van der Waals surface area contributed by atoms with Gasteiger partial charge in [-0.05, 0) is 22.6 Å². The van der Waals surface area contributed by atoms with E-state index in [-0.39, 0.29) is 3.70 Å². The summed E-state index contributed by atoms with van der Waals surface area (Å²) in [6.45, 7) is 0. The van der Waals surface area contributed by atoms with Gasteiger partial charge >= 0.3 is 12.3 Å². The van der Waals surface area contributed by atoms with Crippen molar-refractivity contribution in [1.82, 2.24) is 4.98 Å². The van der Waals surface area contributed by atoms with Crippen molar-refractivity contribution in [2.45, 2.75) is 19.2 Å². The number of pyridine rings is 1. The SMILES string of the molecule is O=C(O)Cc1c(OC(F)(F)F)cc(I)nc1C(F)F. The Morgan fingerprint density at radius 3 is 2.47 bits per heavy atom. The van der Waals surface area contributed by atoms with Crippen molar-refractivity contribution in [3.63, 3.8) is 0 Å². The molecule has 106 valence electrons. The van der Waals surface area contributed by atoms with Gasteiger partial charge in [-0.1, -0.05) is 0 Å². The van der Waals surface area contributed by atoms with Crippen LogP contribution in [0.5, 0.6) is 5.75 Å². The van der Waals surface area contributed by atoms with Crippen molar-refractivity contribution in [2.24, 2.45) is 0 Å². The van der Waals surface area contributed by atoms with Crippen LogP contribution in [-0.2, 0) is 11.2 Å². The fraction of sp³-hybridized carbons (Fsp3) is 0.333. The normalized spacial score (nSPS) is 11.7. The summed E-state index contributed by atoms with van der Waals surface area (Å²) in [6, 6.07) is 0.748. The van der Waals surface area contributed by atoms with Crippen LogP contribution in [0.25, 0.3) is 0 Å². The Morgan fingerprint density at radius 1 is 1.47 bits per heavy atom.